The average molecular weight is 365 g/mol. The Bertz CT molecular complexity index is 747. The van der Waals surface area contributed by atoms with E-state index in [4.69, 9.17) is 11.6 Å². The monoisotopic (exact) mass is 364 g/mol. The van der Waals surface area contributed by atoms with Gasteiger partial charge in [-0.2, -0.15) is 0 Å². The van der Waals surface area contributed by atoms with E-state index < -0.39 is 0 Å². The van der Waals surface area contributed by atoms with Crippen LogP contribution in [0.25, 0.3) is 0 Å². The number of aromatic nitrogens is 2. The summed E-state index contributed by atoms with van der Waals surface area (Å²) in [7, 11) is 0. The number of hydrogen-bond acceptors (Lipinski definition) is 5. The van der Waals surface area contributed by atoms with E-state index in [0.717, 1.165) is 17.8 Å². The fraction of sp³-hybridized carbons (Fsp3) is 0.375. The normalized spacial score (nSPS) is 17.6. The molecule has 0 radical (unpaired) electrons. The van der Waals surface area contributed by atoms with Gasteiger partial charge in [0.05, 0.1) is 5.92 Å². The van der Waals surface area contributed by atoms with Crippen molar-refractivity contribution in [2.75, 3.05) is 18.4 Å². The molecule has 1 aromatic heterocycles. The largest absolute Gasteiger partial charge is 0.338 e. The summed E-state index contributed by atoms with van der Waals surface area (Å²) < 4.78 is 0. The lowest BCUT2D eigenvalue weighted by Gasteiger charge is -2.32. The molecule has 2 heterocycles. The minimum Gasteiger partial charge on any atom is -0.338 e. The number of carbonyl (C=O) groups excluding carboxylic acids is 2. The Kier molecular flexibility index (Phi) is 5.11. The minimum absolute atomic E-state index is 0.0732. The Balaban J connectivity index is 1.64. The summed E-state index contributed by atoms with van der Waals surface area (Å²) in [5.41, 5.74) is 0.584. The Morgan fingerprint density at radius 2 is 2.04 bits per heavy atom. The predicted molar refractivity (Wildman–Crippen MR) is 93.4 cm³/mol. The van der Waals surface area contributed by atoms with E-state index in [1.807, 2.05) is 6.92 Å². The molecule has 1 unspecified atom stereocenters. The SMILES string of the molecule is Cc1nnc(NC(=O)C2CCCN(C(=O)c3ccc(Cl)cc3)C2)s1. The molecule has 1 aliphatic rings. The van der Waals surface area contributed by atoms with Crippen LogP contribution in [0.15, 0.2) is 24.3 Å². The van der Waals surface area contributed by atoms with Crippen LogP contribution in [0.4, 0.5) is 5.13 Å². The van der Waals surface area contributed by atoms with Crippen LogP contribution in [-0.2, 0) is 4.79 Å². The summed E-state index contributed by atoms with van der Waals surface area (Å²) in [6, 6.07) is 6.80. The number of nitrogens with one attached hydrogen (secondary N) is 1. The highest BCUT2D eigenvalue weighted by Crippen LogP contribution is 2.22. The van der Waals surface area contributed by atoms with Crippen LogP contribution >= 0.6 is 22.9 Å². The minimum atomic E-state index is -0.237. The molecule has 1 atom stereocenters. The van der Waals surface area contributed by atoms with Gasteiger partial charge < -0.3 is 10.2 Å². The van der Waals surface area contributed by atoms with Gasteiger partial charge in [0, 0.05) is 23.7 Å². The van der Waals surface area contributed by atoms with Crippen molar-refractivity contribution in [2.45, 2.75) is 19.8 Å². The number of piperidine rings is 1. The van der Waals surface area contributed by atoms with Crippen LogP contribution in [0.5, 0.6) is 0 Å². The topological polar surface area (TPSA) is 75.2 Å². The molecular formula is C16H17ClN4O2S. The number of aryl methyl sites for hydroxylation is 1. The van der Waals surface area contributed by atoms with Gasteiger partial charge in [0.15, 0.2) is 0 Å². The lowest BCUT2D eigenvalue weighted by Crippen LogP contribution is -2.43. The zero-order chi connectivity index (χ0) is 17.1. The smallest absolute Gasteiger partial charge is 0.253 e. The van der Waals surface area contributed by atoms with E-state index in [2.05, 4.69) is 15.5 Å². The molecule has 1 aliphatic heterocycles. The van der Waals surface area contributed by atoms with Gasteiger partial charge in [0.25, 0.3) is 5.91 Å². The molecule has 3 rings (SSSR count). The van der Waals surface area contributed by atoms with Gasteiger partial charge in [0.2, 0.25) is 11.0 Å². The van der Waals surface area contributed by atoms with Crippen molar-refractivity contribution in [2.24, 2.45) is 5.92 Å². The summed E-state index contributed by atoms with van der Waals surface area (Å²) >= 11 is 7.20. The summed E-state index contributed by atoms with van der Waals surface area (Å²) in [5, 5.41) is 12.5. The summed E-state index contributed by atoms with van der Waals surface area (Å²) in [4.78, 5) is 26.7. The van der Waals surface area contributed by atoms with Gasteiger partial charge in [-0.05, 0) is 44.0 Å². The van der Waals surface area contributed by atoms with Crippen LogP contribution in [0, 0.1) is 12.8 Å². The first-order valence-electron chi connectivity index (χ1n) is 7.69. The molecule has 0 aliphatic carbocycles. The Labute approximate surface area is 148 Å². The van der Waals surface area contributed by atoms with Crippen LogP contribution in [-0.4, -0.2) is 40.0 Å². The number of anilines is 1. The number of carbonyl (C=O) groups is 2. The standard InChI is InChI=1S/C16H17ClN4O2S/c1-10-19-20-16(24-10)18-14(22)12-3-2-8-21(9-12)15(23)11-4-6-13(17)7-5-11/h4-7,12H,2-3,8-9H2,1H3,(H,18,20,22). The molecule has 1 aromatic carbocycles. The molecule has 0 spiro atoms. The molecule has 126 valence electrons. The van der Waals surface area contributed by atoms with Gasteiger partial charge in [0.1, 0.15) is 5.01 Å². The summed E-state index contributed by atoms with van der Waals surface area (Å²) in [6.07, 6.45) is 1.56. The first kappa shape index (κ1) is 16.9. The van der Waals surface area contributed by atoms with E-state index in [0.29, 0.717) is 28.8 Å². The quantitative estimate of drug-likeness (QED) is 0.908. The summed E-state index contributed by atoms with van der Waals surface area (Å²) in [5.74, 6) is -0.421. The van der Waals surface area contributed by atoms with Crippen LogP contribution in [0.3, 0.4) is 0 Å². The highest BCUT2D eigenvalue weighted by molar-refractivity contribution is 7.15. The molecule has 6 nitrogen and oxygen atoms in total. The predicted octanol–water partition coefficient (Wildman–Crippen LogP) is 2.99. The van der Waals surface area contributed by atoms with Crippen molar-refractivity contribution >= 4 is 39.9 Å². The fourth-order valence-corrected chi connectivity index (χ4v) is 3.43. The van der Waals surface area contributed by atoms with Crippen molar-refractivity contribution in [3.8, 4) is 0 Å². The lowest BCUT2D eigenvalue weighted by atomic mass is 9.96. The lowest BCUT2D eigenvalue weighted by molar-refractivity contribution is -0.121. The van der Waals surface area contributed by atoms with E-state index in [-0.39, 0.29) is 17.7 Å². The summed E-state index contributed by atoms with van der Waals surface area (Å²) in [6.45, 7) is 2.90. The van der Waals surface area contributed by atoms with Crippen molar-refractivity contribution in [1.29, 1.82) is 0 Å². The second-order valence-electron chi connectivity index (χ2n) is 5.71. The van der Waals surface area contributed by atoms with E-state index >= 15 is 0 Å². The Hall–Kier alpha value is -1.99. The molecule has 24 heavy (non-hydrogen) atoms. The van der Waals surface area contributed by atoms with Crippen molar-refractivity contribution in [3.63, 3.8) is 0 Å². The number of nitrogens with zero attached hydrogens (tertiary/aromatic N) is 3. The fourth-order valence-electron chi connectivity index (χ4n) is 2.71. The van der Waals surface area contributed by atoms with Crippen LogP contribution < -0.4 is 5.32 Å². The van der Waals surface area contributed by atoms with Crippen molar-refractivity contribution in [3.05, 3.63) is 39.9 Å². The maximum Gasteiger partial charge on any atom is 0.253 e. The molecule has 1 saturated heterocycles. The van der Waals surface area contributed by atoms with E-state index in [1.54, 1.807) is 29.2 Å². The number of rotatable bonds is 3. The molecule has 2 aromatic rings. The van der Waals surface area contributed by atoms with Crippen LogP contribution in [0.2, 0.25) is 5.02 Å². The molecular weight excluding hydrogens is 348 g/mol. The van der Waals surface area contributed by atoms with Gasteiger partial charge >= 0.3 is 0 Å². The maximum atomic E-state index is 12.6. The number of halogens is 1. The number of likely N-dealkylation sites (tertiary alicyclic amines) is 1. The maximum absolute atomic E-state index is 12.6. The molecule has 1 N–H and O–H groups in total. The first-order chi connectivity index (χ1) is 11.5. The zero-order valence-electron chi connectivity index (χ0n) is 13.2. The Morgan fingerprint density at radius 1 is 1.29 bits per heavy atom. The third-order valence-corrected chi connectivity index (χ3v) is 4.93. The number of hydrogen-bond donors (Lipinski definition) is 1. The zero-order valence-corrected chi connectivity index (χ0v) is 14.7. The third-order valence-electron chi connectivity index (χ3n) is 3.93. The van der Waals surface area contributed by atoms with Crippen molar-refractivity contribution in [1.82, 2.24) is 15.1 Å². The first-order valence-corrected chi connectivity index (χ1v) is 8.88. The molecule has 0 bridgehead atoms. The molecule has 8 heteroatoms. The van der Waals surface area contributed by atoms with Crippen LogP contribution in [0.1, 0.15) is 28.2 Å². The van der Waals surface area contributed by atoms with Gasteiger partial charge in [-0.1, -0.05) is 22.9 Å². The second kappa shape index (κ2) is 7.27. The van der Waals surface area contributed by atoms with Gasteiger partial charge in [-0.25, -0.2) is 0 Å². The second-order valence-corrected chi connectivity index (χ2v) is 7.33. The van der Waals surface area contributed by atoms with Gasteiger partial charge in [-0.15, -0.1) is 10.2 Å². The number of amides is 2. The molecule has 0 saturated carbocycles. The molecule has 2 amide bonds. The van der Waals surface area contributed by atoms with E-state index in [9.17, 15) is 9.59 Å². The van der Waals surface area contributed by atoms with Crippen molar-refractivity contribution < 1.29 is 9.59 Å². The highest BCUT2D eigenvalue weighted by Gasteiger charge is 2.29. The third kappa shape index (κ3) is 3.91. The Morgan fingerprint density at radius 3 is 2.71 bits per heavy atom. The highest BCUT2D eigenvalue weighted by atomic mass is 35.5. The molecule has 1 fully saturated rings. The number of benzene rings is 1. The van der Waals surface area contributed by atoms with E-state index in [1.165, 1.54) is 11.3 Å². The average Bonchev–Trinajstić information content (AvgIpc) is 3.00. The van der Waals surface area contributed by atoms with Gasteiger partial charge in [-0.3, -0.25) is 9.59 Å².